The number of carboxylic acids is 1. The number of aliphatic hydroxyl groups excluding tert-OH is 1. The minimum atomic E-state index is -1.05. The van der Waals surface area contributed by atoms with E-state index < -0.39 is 18.0 Å². The highest BCUT2D eigenvalue weighted by molar-refractivity contribution is 8.03. The van der Waals surface area contributed by atoms with Crippen LogP contribution in [-0.4, -0.2) is 69.6 Å². The van der Waals surface area contributed by atoms with E-state index in [0.717, 1.165) is 24.3 Å². The number of carboxylic acid groups (broad SMARTS) is 1. The van der Waals surface area contributed by atoms with Crippen LogP contribution in [0.1, 0.15) is 40.5 Å². The van der Waals surface area contributed by atoms with Crippen molar-refractivity contribution < 1.29 is 19.8 Å². The molecule has 3 aliphatic rings. The van der Waals surface area contributed by atoms with E-state index in [-0.39, 0.29) is 46.8 Å². The van der Waals surface area contributed by atoms with E-state index in [1.54, 1.807) is 18.7 Å². The van der Waals surface area contributed by atoms with Crippen LogP contribution in [0.15, 0.2) is 10.6 Å². The number of nitrogens with one attached hydrogen (secondary N) is 2. The number of carbonyl (C=O) groups excluding carboxylic acids is 1. The highest BCUT2D eigenvalue weighted by Crippen LogP contribution is 2.51. The molecule has 3 rings (SSSR count). The summed E-state index contributed by atoms with van der Waals surface area (Å²) in [6.07, 6.45) is 1.21. The van der Waals surface area contributed by atoms with E-state index in [1.807, 2.05) is 14.0 Å². The molecule has 0 spiro atoms. The molecule has 1 amide bonds. The van der Waals surface area contributed by atoms with Crippen molar-refractivity contribution in [1.29, 1.82) is 0 Å². The van der Waals surface area contributed by atoms with Crippen LogP contribution in [0.3, 0.4) is 0 Å². The van der Waals surface area contributed by atoms with Gasteiger partial charge in [0.25, 0.3) is 0 Å². The number of carbonyl (C=O) groups is 2. The molecule has 6 atom stereocenters. The second kappa shape index (κ2) is 8.52. The number of hydrogen-bond acceptors (Lipinski definition) is 6. The van der Waals surface area contributed by atoms with Gasteiger partial charge >= 0.3 is 5.97 Å². The third kappa shape index (κ3) is 4.07. The number of β-lactam (4-membered cyclic amide) rings is 1. The zero-order valence-electron chi connectivity index (χ0n) is 17.1. The monoisotopic (exact) mass is 433 g/mol. The Morgan fingerprint density at radius 1 is 1.46 bits per heavy atom. The number of rotatable bonds is 7. The molecule has 0 bridgehead atoms. The summed E-state index contributed by atoms with van der Waals surface area (Å²) < 4.78 is 0. The molecule has 0 unspecified atom stereocenters. The van der Waals surface area contributed by atoms with Gasteiger partial charge in [0, 0.05) is 34.2 Å². The van der Waals surface area contributed by atoms with E-state index in [9.17, 15) is 19.8 Å². The summed E-state index contributed by atoms with van der Waals surface area (Å²) in [6.45, 7) is 8.75. The zero-order chi connectivity index (χ0) is 20.1. The molecular weight excluding hydrogens is 402 g/mol. The zero-order valence-corrected chi connectivity index (χ0v) is 18.7. The second-order valence-electron chi connectivity index (χ2n) is 8.69. The molecular formula is C19H32ClN3O4S. The van der Waals surface area contributed by atoms with Crippen molar-refractivity contribution in [3.8, 4) is 0 Å². The molecule has 0 radical (unpaired) electrons. The predicted octanol–water partition coefficient (Wildman–Crippen LogP) is 1.41. The van der Waals surface area contributed by atoms with Crippen molar-refractivity contribution >= 4 is 36.0 Å². The molecule has 0 aromatic carbocycles. The Bertz CT molecular complexity index is 670. The Hall–Kier alpha value is -0.800. The average molecular weight is 434 g/mol. The number of fused-ring (bicyclic) bond motifs is 1. The third-order valence-electron chi connectivity index (χ3n) is 6.22. The fourth-order valence-corrected chi connectivity index (χ4v) is 6.12. The van der Waals surface area contributed by atoms with Crippen molar-refractivity contribution in [2.24, 2.45) is 11.8 Å². The number of halogens is 1. The smallest absolute Gasteiger partial charge is 0.353 e. The average Bonchev–Trinajstić information content (AvgIpc) is 3.09. The van der Waals surface area contributed by atoms with E-state index in [0.29, 0.717) is 6.04 Å². The molecule has 7 nitrogen and oxygen atoms in total. The van der Waals surface area contributed by atoms with E-state index in [1.165, 1.54) is 4.90 Å². The molecule has 3 heterocycles. The van der Waals surface area contributed by atoms with Crippen molar-refractivity contribution in [3.63, 3.8) is 0 Å². The summed E-state index contributed by atoms with van der Waals surface area (Å²) in [5.74, 6) is -1.89. The van der Waals surface area contributed by atoms with E-state index in [2.05, 4.69) is 24.5 Å². The fourth-order valence-electron chi connectivity index (χ4n) is 4.60. The lowest BCUT2D eigenvalue weighted by atomic mass is 9.79. The lowest BCUT2D eigenvalue weighted by molar-refractivity contribution is -0.163. The van der Waals surface area contributed by atoms with Crippen LogP contribution in [0.4, 0.5) is 0 Å². The molecule has 9 heteroatoms. The number of aliphatic hydroxyl groups is 1. The van der Waals surface area contributed by atoms with Gasteiger partial charge in [-0.2, -0.15) is 0 Å². The van der Waals surface area contributed by atoms with Gasteiger partial charge in [0.1, 0.15) is 5.70 Å². The maximum absolute atomic E-state index is 12.4. The number of thioether (sulfide) groups is 1. The standard InChI is InChI=1S/C19H31N3O4S.ClH/c1-9-14-13(10(2)23)17(24)22(14)15(18(25)26)16(9)27-12-6-11(21-8-12)7-19(3,4)20-5;/h9-14,20-21,23H,6-8H2,1-5H3,(H,25,26);1H/t9-,10-,11+,12+,13-,14-;/m1./s1. The molecule has 3 aliphatic heterocycles. The lowest BCUT2D eigenvalue weighted by Gasteiger charge is -2.46. The Labute approximate surface area is 177 Å². The summed E-state index contributed by atoms with van der Waals surface area (Å²) >= 11 is 1.60. The van der Waals surface area contributed by atoms with Crippen LogP contribution in [-0.2, 0) is 9.59 Å². The molecule has 2 saturated heterocycles. The summed E-state index contributed by atoms with van der Waals surface area (Å²) in [4.78, 5) is 26.5. The lowest BCUT2D eigenvalue weighted by Crippen LogP contribution is -2.63. The Morgan fingerprint density at radius 2 is 2.11 bits per heavy atom. The van der Waals surface area contributed by atoms with Gasteiger partial charge in [0.15, 0.2) is 0 Å². The minimum absolute atomic E-state index is 0. The highest BCUT2D eigenvalue weighted by atomic mass is 35.5. The number of nitrogens with zero attached hydrogens (tertiary/aromatic N) is 1. The fraction of sp³-hybridized carbons (Fsp3) is 0.789. The van der Waals surface area contributed by atoms with E-state index >= 15 is 0 Å². The largest absolute Gasteiger partial charge is 0.477 e. The van der Waals surface area contributed by atoms with Crippen LogP contribution in [0.5, 0.6) is 0 Å². The van der Waals surface area contributed by atoms with Gasteiger partial charge in [0.05, 0.1) is 18.1 Å². The quantitative estimate of drug-likeness (QED) is 0.450. The molecule has 4 N–H and O–H groups in total. The molecule has 2 fully saturated rings. The van der Waals surface area contributed by atoms with Gasteiger partial charge in [-0.1, -0.05) is 6.92 Å². The Kier molecular flexibility index (Phi) is 7.14. The normalized spacial score (nSPS) is 33.4. The Morgan fingerprint density at radius 3 is 2.64 bits per heavy atom. The first-order chi connectivity index (χ1) is 12.6. The topological polar surface area (TPSA) is 102 Å². The van der Waals surface area contributed by atoms with Crippen molar-refractivity contribution in [3.05, 3.63) is 10.6 Å². The van der Waals surface area contributed by atoms with Gasteiger partial charge in [0.2, 0.25) is 5.91 Å². The van der Waals surface area contributed by atoms with Gasteiger partial charge in [-0.3, -0.25) is 4.79 Å². The minimum Gasteiger partial charge on any atom is -0.477 e. The van der Waals surface area contributed by atoms with Gasteiger partial charge < -0.3 is 25.7 Å². The molecule has 0 aromatic heterocycles. The maximum Gasteiger partial charge on any atom is 0.353 e. The van der Waals surface area contributed by atoms with Gasteiger partial charge in [-0.25, -0.2) is 4.79 Å². The number of hydrogen-bond donors (Lipinski definition) is 4. The first-order valence-electron chi connectivity index (χ1n) is 9.65. The predicted molar refractivity (Wildman–Crippen MR) is 112 cm³/mol. The number of amides is 1. The summed E-state index contributed by atoms with van der Waals surface area (Å²) in [6, 6.07) is 0.152. The van der Waals surface area contributed by atoms with Crippen molar-refractivity contribution in [1.82, 2.24) is 15.5 Å². The molecule has 0 aliphatic carbocycles. The second-order valence-corrected chi connectivity index (χ2v) is 10.0. The molecule has 160 valence electrons. The Balaban J connectivity index is 0.00000280. The maximum atomic E-state index is 12.4. The molecule has 0 aromatic rings. The third-order valence-corrected chi connectivity index (χ3v) is 7.73. The van der Waals surface area contributed by atoms with Crippen molar-refractivity contribution in [2.75, 3.05) is 13.6 Å². The van der Waals surface area contributed by atoms with E-state index in [4.69, 9.17) is 0 Å². The van der Waals surface area contributed by atoms with Crippen LogP contribution < -0.4 is 10.6 Å². The van der Waals surface area contributed by atoms with Gasteiger partial charge in [-0.15, -0.1) is 24.2 Å². The molecule has 0 saturated carbocycles. The number of aliphatic carboxylic acids is 1. The van der Waals surface area contributed by atoms with Crippen LogP contribution in [0.25, 0.3) is 0 Å². The SMILES string of the molecule is CNC(C)(C)C[C@@H]1C[C@H](SC2=C(C(=O)O)N3C(=O)[C@H]([C@@H](C)O)[C@H]3[C@H]2C)CN1.Cl. The molecule has 28 heavy (non-hydrogen) atoms. The first-order valence-corrected chi connectivity index (χ1v) is 10.5. The summed E-state index contributed by atoms with van der Waals surface area (Å²) in [5, 5.41) is 26.8. The van der Waals surface area contributed by atoms with Crippen LogP contribution in [0.2, 0.25) is 0 Å². The van der Waals surface area contributed by atoms with Crippen LogP contribution >= 0.6 is 24.2 Å². The van der Waals surface area contributed by atoms with Crippen LogP contribution in [0, 0.1) is 11.8 Å². The van der Waals surface area contributed by atoms with Crippen molar-refractivity contribution in [2.45, 2.75) is 69.5 Å². The summed E-state index contributed by atoms with van der Waals surface area (Å²) in [5.41, 5.74) is 0.170. The van der Waals surface area contributed by atoms with Gasteiger partial charge in [-0.05, 0) is 40.7 Å². The highest BCUT2D eigenvalue weighted by Gasteiger charge is 2.60. The first kappa shape index (κ1) is 23.5. The summed E-state index contributed by atoms with van der Waals surface area (Å²) in [7, 11) is 1.96.